The molecular formula is C27H22N2O6. The van der Waals surface area contributed by atoms with E-state index in [2.05, 4.69) is 10.9 Å². The number of para-hydroxylation sites is 1. The van der Waals surface area contributed by atoms with Gasteiger partial charge in [-0.3, -0.25) is 25.2 Å². The van der Waals surface area contributed by atoms with Crippen molar-refractivity contribution < 1.29 is 23.5 Å². The van der Waals surface area contributed by atoms with Crippen LogP contribution >= 0.6 is 0 Å². The van der Waals surface area contributed by atoms with Gasteiger partial charge >= 0.3 is 5.63 Å². The Morgan fingerprint density at radius 3 is 2.40 bits per heavy atom. The molecule has 1 aromatic heterocycles. The molecule has 8 nitrogen and oxygen atoms in total. The Balaban J connectivity index is 1.34. The second-order valence-corrected chi connectivity index (χ2v) is 7.96. The number of ketones is 1. The molecule has 0 saturated heterocycles. The summed E-state index contributed by atoms with van der Waals surface area (Å²) >= 11 is 0. The number of fused-ring (bicyclic) bond motifs is 1. The van der Waals surface area contributed by atoms with Gasteiger partial charge in [0, 0.05) is 16.5 Å². The molecule has 0 saturated carbocycles. The Hall–Kier alpha value is -4.72. The maximum absolute atomic E-state index is 12.7. The molecule has 35 heavy (non-hydrogen) atoms. The third-order valence-corrected chi connectivity index (χ3v) is 5.28. The summed E-state index contributed by atoms with van der Waals surface area (Å²) in [5.74, 6) is -1.14. The third kappa shape index (κ3) is 5.44. The molecule has 4 rings (SSSR count). The zero-order valence-corrected chi connectivity index (χ0v) is 19.1. The monoisotopic (exact) mass is 470 g/mol. The standard InChI is InChI=1S/C27H22N2O6/c1-16-6-5-8-19(12-16)25(31)20-10-11-22(17(2)13-20)34-15-24(30)28-29-26(32)21-14-18-7-3-4-9-23(18)35-27(21)33/h3-14H,15H2,1-2H3,(H,28,30)(H,29,32). The minimum atomic E-state index is -0.817. The highest BCUT2D eigenvalue weighted by Crippen LogP contribution is 2.21. The van der Waals surface area contributed by atoms with Crippen LogP contribution in [0.15, 0.2) is 82.0 Å². The van der Waals surface area contributed by atoms with Crippen molar-refractivity contribution in [2.75, 3.05) is 6.61 Å². The van der Waals surface area contributed by atoms with E-state index >= 15 is 0 Å². The topological polar surface area (TPSA) is 115 Å². The van der Waals surface area contributed by atoms with Crippen LogP contribution in [-0.2, 0) is 4.79 Å². The minimum absolute atomic E-state index is 0.109. The summed E-state index contributed by atoms with van der Waals surface area (Å²) in [6.45, 7) is 3.29. The largest absolute Gasteiger partial charge is 0.483 e. The van der Waals surface area contributed by atoms with Gasteiger partial charge in [0.2, 0.25) is 0 Å². The maximum atomic E-state index is 12.7. The molecule has 0 fully saturated rings. The first kappa shape index (κ1) is 23.4. The van der Waals surface area contributed by atoms with Crippen molar-refractivity contribution in [1.29, 1.82) is 0 Å². The Bertz CT molecular complexity index is 1510. The lowest BCUT2D eigenvalue weighted by Gasteiger charge is -2.11. The number of carbonyl (C=O) groups is 3. The summed E-state index contributed by atoms with van der Waals surface area (Å²) in [4.78, 5) is 49.2. The predicted octanol–water partition coefficient (Wildman–Crippen LogP) is 3.48. The molecule has 176 valence electrons. The third-order valence-electron chi connectivity index (χ3n) is 5.28. The average molecular weight is 470 g/mol. The van der Waals surface area contributed by atoms with E-state index in [9.17, 15) is 19.2 Å². The molecule has 0 atom stereocenters. The molecule has 1 heterocycles. The first-order valence-electron chi connectivity index (χ1n) is 10.8. The summed E-state index contributed by atoms with van der Waals surface area (Å²) in [6, 6.07) is 20.4. The number of hydrogen-bond acceptors (Lipinski definition) is 6. The molecule has 0 aliphatic rings. The predicted molar refractivity (Wildman–Crippen MR) is 129 cm³/mol. The summed E-state index contributed by atoms with van der Waals surface area (Å²) in [7, 11) is 0. The molecule has 2 N–H and O–H groups in total. The fourth-order valence-electron chi connectivity index (χ4n) is 3.50. The van der Waals surface area contributed by atoms with Crippen molar-refractivity contribution in [2.45, 2.75) is 13.8 Å². The lowest BCUT2D eigenvalue weighted by Crippen LogP contribution is -2.45. The van der Waals surface area contributed by atoms with Crippen molar-refractivity contribution in [1.82, 2.24) is 10.9 Å². The molecule has 0 aliphatic carbocycles. The number of aryl methyl sites for hydroxylation is 2. The molecule has 0 bridgehead atoms. The average Bonchev–Trinajstić information content (AvgIpc) is 2.85. The fraction of sp³-hybridized carbons (Fsp3) is 0.111. The van der Waals surface area contributed by atoms with E-state index in [1.54, 1.807) is 55.5 Å². The lowest BCUT2D eigenvalue weighted by molar-refractivity contribution is -0.123. The van der Waals surface area contributed by atoms with Gasteiger partial charge in [-0.05, 0) is 55.8 Å². The number of carbonyl (C=O) groups excluding carboxylic acids is 3. The van der Waals surface area contributed by atoms with Crippen molar-refractivity contribution in [2.24, 2.45) is 0 Å². The summed E-state index contributed by atoms with van der Waals surface area (Å²) in [5, 5.41) is 0.576. The van der Waals surface area contributed by atoms with Gasteiger partial charge < -0.3 is 9.15 Å². The zero-order valence-electron chi connectivity index (χ0n) is 19.1. The van der Waals surface area contributed by atoms with Crippen molar-refractivity contribution in [3.63, 3.8) is 0 Å². The van der Waals surface area contributed by atoms with Crippen LogP contribution in [0, 0.1) is 13.8 Å². The van der Waals surface area contributed by atoms with Gasteiger partial charge in [-0.1, -0.05) is 42.0 Å². The van der Waals surface area contributed by atoms with Crippen LogP contribution in [0.1, 0.15) is 37.4 Å². The van der Waals surface area contributed by atoms with E-state index in [0.717, 1.165) is 5.56 Å². The molecule has 0 radical (unpaired) electrons. The highest BCUT2D eigenvalue weighted by molar-refractivity contribution is 6.09. The van der Waals surface area contributed by atoms with Crippen molar-refractivity contribution >= 4 is 28.6 Å². The quantitative estimate of drug-likeness (QED) is 0.253. The molecule has 3 aromatic carbocycles. The summed E-state index contributed by atoms with van der Waals surface area (Å²) in [5.41, 5.74) is 6.44. The highest BCUT2D eigenvalue weighted by Gasteiger charge is 2.15. The first-order chi connectivity index (χ1) is 16.8. The van der Waals surface area contributed by atoms with Crippen molar-refractivity contribution in [3.8, 4) is 5.75 Å². The van der Waals surface area contributed by atoms with Gasteiger partial charge in [-0.25, -0.2) is 4.79 Å². The number of ether oxygens (including phenoxy) is 1. The van der Waals surface area contributed by atoms with Crippen LogP contribution in [0.5, 0.6) is 5.75 Å². The molecule has 2 amide bonds. The zero-order chi connectivity index (χ0) is 24.9. The van der Waals surface area contributed by atoms with E-state index in [-0.39, 0.29) is 11.3 Å². The Morgan fingerprint density at radius 2 is 1.63 bits per heavy atom. The van der Waals surface area contributed by atoms with Gasteiger partial charge in [-0.2, -0.15) is 0 Å². The summed E-state index contributed by atoms with van der Waals surface area (Å²) in [6.07, 6.45) is 0. The van der Waals surface area contributed by atoms with Gasteiger partial charge in [-0.15, -0.1) is 0 Å². The summed E-state index contributed by atoms with van der Waals surface area (Å²) < 4.78 is 10.6. The molecule has 0 unspecified atom stereocenters. The van der Waals surface area contributed by atoms with E-state index < -0.39 is 24.0 Å². The van der Waals surface area contributed by atoms with Crippen LogP contribution < -0.4 is 21.2 Å². The Labute approximate surface area is 200 Å². The molecule has 0 spiro atoms. The normalized spacial score (nSPS) is 10.6. The molecule has 0 aliphatic heterocycles. The number of hydrogen-bond donors (Lipinski definition) is 2. The maximum Gasteiger partial charge on any atom is 0.349 e. The molecule has 8 heteroatoms. The van der Waals surface area contributed by atoms with Crippen LogP contribution in [0.3, 0.4) is 0 Å². The number of amides is 2. The van der Waals surface area contributed by atoms with Crippen LogP contribution in [0.2, 0.25) is 0 Å². The van der Waals surface area contributed by atoms with E-state index in [1.165, 1.54) is 6.07 Å². The van der Waals surface area contributed by atoms with Crippen molar-refractivity contribution in [3.05, 3.63) is 111 Å². The van der Waals surface area contributed by atoms with E-state index in [4.69, 9.17) is 9.15 Å². The first-order valence-corrected chi connectivity index (χ1v) is 10.8. The van der Waals surface area contributed by atoms with Crippen LogP contribution in [-0.4, -0.2) is 24.2 Å². The van der Waals surface area contributed by atoms with E-state index in [1.807, 2.05) is 25.1 Å². The van der Waals surface area contributed by atoms with Gasteiger partial charge in [0.15, 0.2) is 12.4 Å². The Kier molecular flexibility index (Phi) is 6.73. The van der Waals surface area contributed by atoms with Gasteiger partial charge in [0.1, 0.15) is 16.9 Å². The minimum Gasteiger partial charge on any atom is -0.483 e. The van der Waals surface area contributed by atoms with Gasteiger partial charge in [0.05, 0.1) is 0 Å². The highest BCUT2D eigenvalue weighted by atomic mass is 16.5. The molecular weight excluding hydrogens is 448 g/mol. The SMILES string of the molecule is Cc1cccc(C(=O)c2ccc(OCC(=O)NNC(=O)c3cc4ccccc4oc3=O)c(C)c2)c1. The van der Waals surface area contributed by atoms with Crippen LogP contribution in [0.25, 0.3) is 11.0 Å². The number of hydrazine groups is 1. The second kappa shape index (κ2) is 10.0. The smallest absolute Gasteiger partial charge is 0.349 e. The number of benzene rings is 3. The Morgan fingerprint density at radius 1 is 0.857 bits per heavy atom. The number of rotatable bonds is 6. The fourth-order valence-corrected chi connectivity index (χ4v) is 3.50. The van der Waals surface area contributed by atoms with Crippen LogP contribution in [0.4, 0.5) is 0 Å². The second-order valence-electron chi connectivity index (χ2n) is 7.96. The number of nitrogens with one attached hydrogen (secondary N) is 2. The van der Waals surface area contributed by atoms with Gasteiger partial charge in [0.25, 0.3) is 11.8 Å². The lowest BCUT2D eigenvalue weighted by atomic mass is 10.00. The molecule has 4 aromatic rings. The van der Waals surface area contributed by atoms with E-state index in [0.29, 0.717) is 33.4 Å².